The fraction of sp³-hybridized carbons (Fsp3) is 0.238. The minimum Gasteiger partial charge on any atom is -0.494 e. The third-order valence-corrected chi connectivity index (χ3v) is 5.86. The molecule has 4 rings (SSSR count). The van der Waals surface area contributed by atoms with E-state index in [1.165, 1.54) is 19.3 Å². The number of carbonyl (C=O) groups excluding carboxylic acids is 1. The molecule has 0 spiro atoms. The monoisotopic (exact) mass is 382 g/mol. The maximum atomic E-state index is 13.8. The average Bonchev–Trinajstić information content (AvgIpc) is 3.32. The first kappa shape index (κ1) is 17.7. The lowest BCUT2D eigenvalue weighted by atomic mass is 10.2. The highest BCUT2D eigenvalue weighted by Crippen LogP contribution is 2.36. The zero-order chi connectivity index (χ0) is 18.8. The highest BCUT2D eigenvalue weighted by atomic mass is 32.1. The van der Waals surface area contributed by atoms with Crippen molar-refractivity contribution in [1.82, 2.24) is 9.88 Å². The second-order valence-electron chi connectivity index (χ2n) is 6.44. The summed E-state index contributed by atoms with van der Waals surface area (Å²) in [5.74, 6) is -0.331. The summed E-state index contributed by atoms with van der Waals surface area (Å²) in [5.41, 5.74) is 1.60. The van der Waals surface area contributed by atoms with Crippen LogP contribution in [0.4, 0.5) is 4.39 Å². The van der Waals surface area contributed by atoms with Crippen molar-refractivity contribution in [2.75, 3.05) is 13.7 Å². The molecule has 1 saturated heterocycles. The second-order valence-corrected chi connectivity index (χ2v) is 7.50. The number of benzene rings is 2. The van der Waals surface area contributed by atoms with E-state index in [1.54, 1.807) is 29.5 Å². The van der Waals surface area contributed by atoms with Crippen LogP contribution >= 0.6 is 11.3 Å². The molecule has 1 aromatic heterocycles. The quantitative estimate of drug-likeness (QED) is 0.608. The molecule has 0 bridgehead atoms. The Bertz CT molecular complexity index is 981. The number of ether oxygens (including phenoxy) is 1. The number of nitrogens with zero attached hydrogens (tertiary/aromatic N) is 2. The Hall–Kier alpha value is -2.73. The molecule has 0 radical (unpaired) electrons. The van der Waals surface area contributed by atoms with Crippen molar-refractivity contribution in [2.24, 2.45) is 0 Å². The Balaban J connectivity index is 1.52. The average molecular weight is 382 g/mol. The van der Waals surface area contributed by atoms with Crippen molar-refractivity contribution in [2.45, 2.75) is 18.9 Å². The first-order valence-electron chi connectivity index (χ1n) is 8.83. The molecule has 1 unspecified atom stereocenters. The molecule has 1 atom stereocenters. The van der Waals surface area contributed by atoms with Gasteiger partial charge in [0.15, 0.2) is 11.6 Å². The standard InChI is InChI=1S/C21H19FN2O2S/c1-26-18-10-8-14(13-15(18)22)9-11-20(25)24-12-4-6-17(24)21-23-16-5-2-3-7-19(16)27-21/h2-3,5,7-11,13,17H,4,6,12H2,1H3. The number of likely N-dealkylation sites (tertiary alicyclic amines) is 1. The SMILES string of the molecule is COc1ccc(C=CC(=O)N2CCCC2c2nc3ccccc3s2)cc1F. The number of halogens is 1. The van der Waals surface area contributed by atoms with Crippen molar-refractivity contribution in [1.29, 1.82) is 0 Å². The molecular formula is C21H19FN2O2S. The number of rotatable bonds is 4. The third kappa shape index (κ3) is 3.57. The molecule has 1 aliphatic rings. The van der Waals surface area contributed by atoms with Gasteiger partial charge in [0.25, 0.3) is 0 Å². The summed E-state index contributed by atoms with van der Waals surface area (Å²) in [4.78, 5) is 19.3. The number of methoxy groups -OCH3 is 1. The summed E-state index contributed by atoms with van der Waals surface area (Å²) >= 11 is 1.64. The minimum atomic E-state index is -0.444. The van der Waals surface area contributed by atoms with E-state index in [0.717, 1.165) is 28.1 Å². The zero-order valence-corrected chi connectivity index (χ0v) is 15.7. The highest BCUT2D eigenvalue weighted by molar-refractivity contribution is 7.18. The molecule has 0 saturated carbocycles. The maximum absolute atomic E-state index is 13.8. The van der Waals surface area contributed by atoms with Gasteiger partial charge in [0.05, 0.1) is 23.4 Å². The van der Waals surface area contributed by atoms with Gasteiger partial charge in [-0.3, -0.25) is 4.79 Å². The van der Waals surface area contributed by atoms with Gasteiger partial charge in [-0.05, 0) is 48.7 Å². The second kappa shape index (κ2) is 7.48. The molecule has 138 valence electrons. The first-order valence-corrected chi connectivity index (χ1v) is 9.65. The lowest BCUT2D eigenvalue weighted by molar-refractivity contribution is -0.126. The Kier molecular flexibility index (Phi) is 4.90. The van der Waals surface area contributed by atoms with E-state index in [0.29, 0.717) is 12.1 Å². The largest absolute Gasteiger partial charge is 0.494 e. The topological polar surface area (TPSA) is 42.4 Å². The van der Waals surface area contributed by atoms with Crippen LogP contribution in [0.3, 0.4) is 0 Å². The number of hydrogen-bond acceptors (Lipinski definition) is 4. The summed E-state index contributed by atoms with van der Waals surface area (Å²) < 4.78 is 19.8. The van der Waals surface area contributed by atoms with E-state index in [-0.39, 0.29) is 17.7 Å². The fourth-order valence-electron chi connectivity index (χ4n) is 3.37. The number of thiazole rings is 1. The van der Waals surface area contributed by atoms with Crippen LogP contribution in [0.5, 0.6) is 5.75 Å². The Morgan fingerprint density at radius 3 is 2.96 bits per heavy atom. The van der Waals surface area contributed by atoms with Gasteiger partial charge in [-0.1, -0.05) is 18.2 Å². The molecule has 2 heterocycles. The summed E-state index contributed by atoms with van der Waals surface area (Å²) in [6.07, 6.45) is 5.01. The number of carbonyl (C=O) groups is 1. The summed E-state index contributed by atoms with van der Waals surface area (Å²) in [5, 5.41) is 0.978. The minimum absolute atomic E-state index is 0.00662. The molecule has 4 nitrogen and oxygen atoms in total. The Labute approximate surface area is 160 Å². The van der Waals surface area contributed by atoms with Crippen LogP contribution in [-0.2, 0) is 4.79 Å². The van der Waals surface area contributed by atoms with E-state index in [2.05, 4.69) is 6.07 Å². The van der Waals surface area contributed by atoms with Crippen LogP contribution in [0.2, 0.25) is 0 Å². The molecule has 2 aromatic carbocycles. The van der Waals surface area contributed by atoms with Gasteiger partial charge in [0, 0.05) is 12.6 Å². The molecule has 6 heteroatoms. The van der Waals surface area contributed by atoms with E-state index < -0.39 is 5.82 Å². The predicted octanol–water partition coefficient (Wildman–Crippen LogP) is 4.82. The Morgan fingerprint density at radius 1 is 1.33 bits per heavy atom. The normalized spacial score (nSPS) is 17.1. The van der Waals surface area contributed by atoms with Gasteiger partial charge in [0.1, 0.15) is 5.01 Å². The molecule has 0 N–H and O–H groups in total. The molecule has 1 fully saturated rings. The third-order valence-electron chi connectivity index (χ3n) is 4.73. The van der Waals surface area contributed by atoms with Crippen LogP contribution in [0.15, 0.2) is 48.5 Å². The Morgan fingerprint density at radius 2 is 2.19 bits per heavy atom. The lowest BCUT2D eigenvalue weighted by Gasteiger charge is -2.21. The van der Waals surface area contributed by atoms with Crippen LogP contribution in [0.1, 0.15) is 29.5 Å². The van der Waals surface area contributed by atoms with Crippen LogP contribution in [0, 0.1) is 5.82 Å². The van der Waals surface area contributed by atoms with Gasteiger partial charge in [-0.25, -0.2) is 9.37 Å². The van der Waals surface area contributed by atoms with Crippen molar-refractivity contribution in [3.05, 3.63) is 64.9 Å². The summed E-state index contributed by atoms with van der Waals surface area (Å²) in [7, 11) is 1.42. The van der Waals surface area contributed by atoms with Crippen LogP contribution in [-0.4, -0.2) is 29.4 Å². The predicted molar refractivity (Wildman–Crippen MR) is 105 cm³/mol. The molecule has 1 aliphatic heterocycles. The molecule has 1 amide bonds. The number of hydrogen-bond donors (Lipinski definition) is 0. The van der Waals surface area contributed by atoms with E-state index in [1.807, 2.05) is 23.1 Å². The van der Waals surface area contributed by atoms with Crippen molar-refractivity contribution in [3.8, 4) is 5.75 Å². The van der Waals surface area contributed by atoms with Crippen LogP contribution < -0.4 is 4.74 Å². The summed E-state index contributed by atoms with van der Waals surface area (Å²) in [6, 6.07) is 12.7. The smallest absolute Gasteiger partial charge is 0.247 e. The van der Waals surface area contributed by atoms with Crippen molar-refractivity contribution < 1.29 is 13.9 Å². The van der Waals surface area contributed by atoms with Crippen molar-refractivity contribution in [3.63, 3.8) is 0 Å². The maximum Gasteiger partial charge on any atom is 0.247 e. The highest BCUT2D eigenvalue weighted by Gasteiger charge is 2.31. The molecule has 3 aromatic rings. The molecule has 27 heavy (non-hydrogen) atoms. The van der Waals surface area contributed by atoms with Crippen molar-refractivity contribution >= 4 is 33.5 Å². The van der Waals surface area contributed by atoms with Gasteiger partial charge in [0.2, 0.25) is 5.91 Å². The number of amides is 1. The molecule has 0 aliphatic carbocycles. The molecular weight excluding hydrogens is 363 g/mol. The number of para-hydroxylation sites is 1. The van der Waals surface area contributed by atoms with Crippen LogP contribution in [0.25, 0.3) is 16.3 Å². The van der Waals surface area contributed by atoms with Gasteiger partial charge < -0.3 is 9.64 Å². The van der Waals surface area contributed by atoms with Gasteiger partial charge >= 0.3 is 0 Å². The van der Waals surface area contributed by atoms with E-state index in [9.17, 15) is 9.18 Å². The summed E-state index contributed by atoms with van der Waals surface area (Å²) in [6.45, 7) is 0.709. The fourth-order valence-corrected chi connectivity index (χ4v) is 4.48. The van der Waals surface area contributed by atoms with Gasteiger partial charge in [-0.15, -0.1) is 11.3 Å². The number of aromatic nitrogens is 1. The van der Waals surface area contributed by atoms with E-state index >= 15 is 0 Å². The zero-order valence-electron chi connectivity index (χ0n) is 14.9. The lowest BCUT2D eigenvalue weighted by Crippen LogP contribution is -2.28. The van der Waals surface area contributed by atoms with Gasteiger partial charge in [-0.2, -0.15) is 0 Å². The van der Waals surface area contributed by atoms with E-state index in [4.69, 9.17) is 9.72 Å². The number of fused-ring (bicyclic) bond motifs is 1. The first-order chi connectivity index (χ1) is 13.2.